The number of carbonyl (C=O) groups excluding carboxylic acids is 1. The molecule has 154 valence electrons. The summed E-state index contributed by atoms with van der Waals surface area (Å²) in [7, 11) is 0.962. The van der Waals surface area contributed by atoms with Crippen molar-refractivity contribution in [1.82, 2.24) is 0 Å². The molecule has 1 fully saturated rings. The molecule has 2 aliphatic rings. The molecule has 1 saturated heterocycles. The Labute approximate surface area is 172 Å². The van der Waals surface area contributed by atoms with Crippen molar-refractivity contribution in [2.24, 2.45) is 0 Å². The zero-order chi connectivity index (χ0) is 20.9. The van der Waals surface area contributed by atoms with Crippen molar-refractivity contribution in [3.8, 4) is 0 Å². The Morgan fingerprint density at radius 2 is 1.72 bits per heavy atom. The minimum absolute atomic E-state index is 0.368. The molecule has 0 unspecified atom stereocenters. The van der Waals surface area contributed by atoms with Gasteiger partial charge in [0.2, 0.25) is 5.60 Å². The standard InChI is InChI=1S/C22H27NO5Si/c1-25-20(24)22-17-13-9-10-14-18(17)23(16-11-7-6-8-12-16)21(26-2,28-22)15-19(22)27-29(3,4)5/h6-14,19H,15H2,1-5H3/t19-,21-,22-/m1/s1. The summed E-state index contributed by atoms with van der Waals surface area (Å²) in [6, 6.07) is 17.6. The van der Waals surface area contributed by atoms with Gasteiger partial charge in [0.15, 0.2) is 8.32 Å². The highest BCUT2D eigenvalue weighted by Crippen LogP contribution is 2.59. The predicted molar refractivity (Wildman–Crippen MR) is 112 cm³/mol. The maximum Gasteiger partial charge on any atom is 0.345 e. The van der Waals surface area contributed by atoms with E-state index in [0.29, 0.717) is 6.42 Å². The zero-order valence-electron chi connectivity index (χ0n) is 17.5. The Morgan fingerprint density at radius 3 is 2.34 bits per heavy atom. The molecule has 0 aromatic heterocycles. The van der Waals surface area contributed by atoms with E-state index in [1.165, 1.54) is 7.11 Å². The number of hydrogen-bond donors (Lipinski definition) is 0. The molecule has 0 aliphatic carbocycles. The molecule has 3 atom stereocenters. The highest BCUT2D eigenvalue weighted by Gasteiger charge is 2.70. The molecular weight excluding hydrogens is 386 g/mol. The lowest BCUT2D eigenvalue weighted by Gasteiger charge is -2.47. The molecule has 0 radical (unpaired) electrons. The van der Waals surface area contributed by atoms with E-state index in [0.717, 1.165) is 16.9 Å². The molecule has 0 spiro atoms. The number of para-hydroxylation sites is 2. The van der Waals surface area contributed by atoms with E-state index in [4.69, 9.17) is 18.6 Å². The van der Waals surface area contributed by atoms with Gasteiger partial charge >= 0.3 is 5.97 Å². The van der Waals surface area contributed by atoms with Gasteiger partial charge in [-0.15, -0.1) is 0 Å². The fourth-order valence-corrected chi connectivity index (χ4v) is 5.49. The quantitative estimate of drug-likeness (QED) is 0.542. The lowest BCUT2D eigenvalue weighted by atomic mass is 9.87. The minimum Gasteiger partial charge on any atom is -0.467 e. The number of hydrogen-bond acceptors (Lipinski definition) is 6. The number of benzene rings is 2. The smallest absolute Gasteiger partial charge is 0.345 e. The summed E-state index contributed by atoms with van der Waals surface area (Å²) in [6.45, 7) is 6.29. The Bertz CT molecular complexity index is 915. The van der Waals surface area contributed by atoms with Gasteiger partial charge in [-0.1, -0.05) is 36.4 Å². The van der Waals surface area contributed by atoms with E-state index < -0.39 is 31.9 Å². The van der Waals surface area contributed by atoms with Gasteiger partial charge in [-0.05, 0) is 37.8 Å². The molecule has 2 heterocycles. The minimum atomic E-state index is -2.02. The SMILES string of the molecule is COC(=O)[C@]12O[C@](OC)(C[C@H]1O[Si](C)(C)C)N(c1ccccc1)c1ccccc12. The highest BCUT2D eigenvalue weighted by molar-refractivity contribution is 6.69. The van der Waals surface area contributed by atoms with Crippen molar-refractivity contribution in [3.05, 3.63) is 60.2 Å². The van der Waals surface area contributed by atoms with Gasteiger partial charge in [0.25, 0.3) is 5.91 Å². The van der Waals surface area contributed by atoms with Crippen LogP contribution in [-0.2, 0) is 29.0 Å². The average molecular weight is 414 g/mol. The maximum atomic E-state index is 13.2. The normalized spacial score (nSPS) is 28.2. The number of esters is 1. The molecule has 2 aromatic carbocycles. The molecule has 4 rings (SSSR count). The first kappa shape index (κ1) is 20.1. The number of fused-ring (bicyclic) bond motifs is 4. The Kier molecular flexibility index (Phi) is 4.81. The third-order valence-electron chi connectivity index (χ3n) is 5.42. The van der Waals surface area contributed by atoms with Crippen LogP contribution >= 0.6 is 0 Å². The fourth-order valence-electron chi connectivity index (χ4n) is 4.38. The fraction of sp³-hybridized carbons (Fsp3) is 0.409. The van der Waals surface area contributed by atoms with Gasteiger partial charge in [-0.25, -0.2) is 4.79 Å². The first-order chi connectivity index (χ1) is 13.8. The van der Waals surface area contributed by atoms with Crippen molar-refractivity contribution in [1.29, 1.82) is 0 Å². The topological polar surface area (TPSA) is 57.2 Å². The average Bonchev–Trinajstić information content (AvgIpc) is 2.99. The summed E-state index contributed by atoms with van der Waals surface area (Å²) in [5.41, 5.74) is 1.10. The van der Waals surface area contributed by atoms with E-state index in [-0.39, 0.29) is 0 Å². The van der Waals surface area contributed by atoms with Gasteiger partial charge in [-0.2, -0.15) is 0 Å². The van der Waals surface area contributed by atoms with E-state index in [1.54, 1.807) is 7.11 Å². The molecule has 0 amide bonds. The zero-order valence-corrected chi connectivity index (χ0v) is 18.5. The predicted octanol–water partition coefficient (Wildman–Crippen LogP) is 4.15. The third kappa shape index (κ3) is 3.00. The van der Waals surface area contributed by atoms with Gasteiger partial charge in [0.1, 0.15) is 0 Å². The summed E-state index contributed by atoms with van der Waals surface area (Å²) < 4.78 is 24.3. The van der Waals surface area contributed by atoms with Crippen LogP contribution in [0.2, 0.25) is 19.6 Å². The summed E-state index contributed by atoms with van der Waals surface area (Å²) in [6.07, 6.45) is -0.164. The summed E-state index contributed by atoms with van der Waals surface area (Å²) >= 11 is 0. The second-order valence-electron chi connectivity index (χ2n) is 8.36. The van der Waals surface area contributed by atoms with Crippen LogP contribution < -0.4 is 4.90 Å². The van der Waals surface area contributed by atoms with Gasteiger partial charge in [0, 0.05) is 18.4 Å². The molecule has 2 aliphatic heterocycles. The monoisotopic (exact) mass is 413 g/mol. The molecule has 2 aromatic rings. The van der Waals surface area contributed by atoms with E-state index >= 15 is 0 Å². The Balaban J connectivity index is 1.99. The van der Waals surface area contributed by atoms with Crippen LogP contribution in [0.15, 0.2) is 54.6 Å². The van der Waals surface area contributed by atoms with Crippen LogP contribution in [0, 0.1) is 0 Å². The first-order valence-corrected chi connectivity index (χ1v) is 13.1. The van der Waals surface area contributed by atoms with Gasteiger partial charge in [0.05, 0.1) is 25.3 Å². The summed E-state index contributed by atoms with van der Waals surface area (Å²) in [5.74, 6) is -1.66. The van der Waals surface area contributed by atoms with E-state index in [2.05, 4.69) is 19.6 Å². The van der Waals surface area contributed by atoms with Crippen molar-refractivity contribution in [2.75, 3.05) is 19.1 Å². The van der Waals surface area contributed by atoms with Crippen molar-refractivity contribution >= 4 is 25.7 Å². The van der Waals surface area contributed by atoms with Crippen LogP contribution in [-0.4, -0.2) is 40.5 Å². The number of nitrogens with zero attached hydrogens (tertiary/aromatic N) is 1. The maximum absolute atomic E-state index is 13.2. The molecule has 7 heteroatoms. The number of methoxy groups -OCH3 is 2. The first-order valence-electron chi connectivity index (χ1n) is 9.74. The number of carbonyl (C=O) groups is 1. The van der Waals surface area contributed by atoms with Gasteiger partial charge < -0.3 is 18.6 Å². The lowest BCUT2D eigenvalue weighted by Crippen LogP contribution is -2.56. The molecule has 29 heavy (non-hydrogen) atoms. The second-order valence-corrected chi connectivity index (χ2v) is 12.8. The highest BCUT2D eigenvalue weighted by atomic mass is 28.4. The molecule has 6 nitrogen and oxygen atoms in total. The van der Waals surface area contributed by atoms with Crippen molar-refractivity contribution in [3.63, 3.8) is 0 Å². The van der Waals surface area contributed by atoms with Gasteiger partial charge in [-0.3, -0.25) is 4.90 Å². The second kappa shape index (κ2) is 6.95. The molecule has 0 N–H and O–H groups in total. The third-order valence-corrected chi connectivity index (χ3v) is 6.41. The van der Waals surface area contributed by atoms with E-state index in [1.807, 2.05) is 59.5 Å². The lowest BCUT2D eigenvalue weighted by molar-refractivity contribution is -0.251. The van der Waals surface area contributed by atoms with Crippen molar-refractivity contribution < 1.29 is 23.4 Å². The largest absolute Gasteiger partial charge is 0.467 e. The van der Waals surface area contributed by atoms with Crippen LogP contribution in [0.1, 0.15) is 12.0 Å². The number of ether oxygens (including phenoxy) is 3. The Morgan fingerprint density at radius 1 is 1.07 bits per heavy atom. The molecule has 2 bridgehead atoms. The van der Waals surface area contributed by atoms with Crippen LogP contribution in [0.4, 0.5) is 11.4 Å². The van der Waals surface area contributed by atoms with E-state index in [9.17, 15) is 4.79 Å². The van der Waals surface area contributed by atoms with Crippen LogP contribution in [0.3, 0.4) is 0 Å². The molecule has 0 saturated carbocycles. The number of rotatable bonds is 5. The Hall–Kier alpha value is -2.19. The number of anilines is 2. The summed E-state index contributed by atoms with van der Waals surface area (Å²) in [5, 5.41) is 0. The van der Waals surface area contributed by atoms with Crippen LogP contribution in [0.5, 0.6) is 0 Å². The molecular formula is C22H27NO5Si. The summed E-state index contributed by atoms with van der Waals surface area (Å²) in [4.78, 5) is 15.2. The van der Waals surface area contributed by atoms with Crippen LogP contribution in [0.25, 0.3) is 0 Å². The van der Waals surface area contributed by atoms with Crippen molar-refractivity contribution in [2.45, 2.75) is 43.7 Å².